The molecule has 142 valence electrons. The maximum absolute atomic E-state index is 12.1. The molecule has 0 radical (unpaired) electrons. The van der Waals surface area contributed by atoms with E-state index in [9.17, 15) is 4.79 Å². The molecule has 4 atom stereocenters. The van der Waals surface area contributed by atoms with Crippen LogP contribution in [0.15, 0.2) is 39.9 Å². The topological polar surface area (TPSA) is 67.5 Å². The number of rotatable bonds is 4. The van der Waals surface area contributed by atoms with Crippen LogP contribution >= 0.6 is 0 Å². The number of nitrogens with one attached hydrogen (secondary N) is 1. The molecule has 1 aliphatic heterocycles. The second-order valence-electron chi connectivity index (χ2n) is 7.93. The van der Waals surface area contributed by atoms with Crippen LogP contribution in [-0.2, 0) is 11.2 Å². The van der Waals surface area contributed by atoms with Gasteiger partial charge in [0.2, 0.25) is 11.8 Å². The van der Waals surface area contributed by atoms with Crippen LogP contribution in [0.1, 0.15) is 57.4 Å². The van der Waals surface area contributed by atoms with E-state index >= 15 is 0 Å². The third-order valence-corrected chi connectivity index (χ3v) is 6.00. The first-order valence-corrected chi connectivity index (χ1v) is 10.0. The summed E-state index contributed by atoms with van der Waals surface area (Å²) < 4.78 is 6.17. The minimum atomic E-state index is -0.0243. The summed E-state index contributed by atoms with van der Waals surface area (Å²) in [6, 6.07) is 10.1. The highest BCUT2D eigenvalue weighted by Gasteiger charge is 2.39. The number of hydrogen-bond acceptors (Lipinski definition) is 4. The van der Waals surface area contributed by atoms with Gasteiger partial charge in [-0.05, 0) is 25.0 Å². The van der Waals surface area contributed by atoms with Gasteiger partial charge in [0.25, 0.3) is 0 Å². The largest absolute Gasteiger partial charge is 0.441 e. The third kappa shape index (κ3) is 3.31. The first-order chi connectivity index (χ1) is 13.1. The molecule has 1 aromatic carbocycles. The Balaban J connectivity index is 1.63. The predicted molar refractivity (Wildman–Crippen MR) is 105 cm³/mol. The first kappa shape index (κ1) is 18.0. The second kappa shape index (κ2) is 7.29. The molecule has 5 nitrogen and oxygen atoms in total. The van der Waals surface area contributed by atoms with E-state index in [1.807, 2.05) is 37.3 Å². The van der Waals surface area contributed by atoms with Gasteiger partial charge < -0.3 is 4.42 Å². The van der Waals surface area contributed by atoms with Crippen LogP contribution in [-0.4, -0.2) is 16.6 Å². The lowest BCUT2D eigenvalue weighted by molar-refractivity contribution is -0.126. The van der Waals surface area contributed by atoms with Gasteiger partial charge in [-0.2, -0.15) is 5.10 Å². The van der Waals surface area contributed by atoms with E-state index in [1.54, 1.807) is 0 Å². The molecule has 5 heteroatoms. The molecule has 1 amide bonds. The molecule has 2 aromatic rings. The van der Waals surface area contributed by atoms with Crippen molar-refractivity contribution in [3.63, 3.8) is 0 Å². The monoisotopic (exact) mass is 365 g/mol. The van der Waals surface area contributed by atoms with Gasteiger partial charge in [-0.15, -0.1) is 0 Å². The summed E-state index contributed by atoms with van der Waals surface area (Å²) in [4.78, 5) is 16.9. The highest BCUT2D eigenvalue weighted by atomic mass is 16.4. The van der Waals surface area contributed by atoms with Crippen molar-refractivity contribution < 1.29 is 9.21 Å². The van der Waals surface area contributed by atoms with E-state index in [0.717, 1.165) is 48.4 Å². The molecule has 2 aliphatic rings. The Morgan fingerprint density at radius 2 is 2.00 bits per heavy atom. The fourth-order valence-corrected chi connectivity index (χ4v) is 4.52. The number of hydrogen-bond donors (Lipinski definition) is 1. The Morgan fingerprint density at radius 1 is 1.22 bits per heavy atom. The van der Waals surface area contributed by atoms with Crippen LogP contribution in [0.25, 0.3) is 11.5 Å². The normalized spacial score (nSPS) is 27.7. The molecule has 1 N–H and O–H groups in total. The molecule has 0 fully saturated rings. The number of benzene rings is 1. The predicted octanol–water partition coefficient (Wildman–Crippen LogP) is 4.55. The van der Waals surface area contributed by atoms with Gasteiger partial charge in [-0.25, -0.2) is 10.4 Å². The van der Waals surface area contributed by atoms with Crippen LogP contribution < -0.4 is 5.43 Å². The van der Waals surface area contributed by atoms with Crippen molar-refractivity contribution in [3.8, 4) is 11.5 Å². The summed E-state index contributed by atoms with van der Waals surface area (Å²) in [6.07, 6.45) is 3.85. The Hall–Kier alpha value is -2.43. The lowest BCUT2D eigenvalue weighted by Gasteiger charge is -2.35. The van der Waals surface area contributed by atoms with Gasteiger partial charge in [-0.3, -0.25) is 4.79 Å². The summed E-state index contributed by atoms with van der Waals surface area (Å²) in [5.41, 5.74) is 5.96. The minimum Gasteiger partial charge on any atom is -0.441 e. The van der Waals surface area contributed by atoms with E-state index in [0.29, 0.717) is 17.7 Å². The van der Waals surface area contributed by atoms with Crippen LogP contribution in [0.3, 0.4) is 0 Å². The molecular formula is C22H27N3O2. The molecule has 1 aliphatic carbocycles. The molecule has 0 spiro atoms. The highest BCUT2D eigenvalue weighted by molar-refractivity contribution is 5.97. The van der Waals surface area contributed by atoms with Crippen molar-refractivity contribution in [1.82, 2.24) is 10.4 Å². The maximum Gasteiger partial charge on any atom is 0.243 e. The van der Waals surface area contributed by atoms with Crippen LogP contribution in [0.2, 0.25) is 0 Å². The number of carbonyl (C=O) groups is 1. The van der Waals surface area contributed by atoms with Crippen LogP contribution in [0.4, 0.5) is 0 Å². The molecule has 0 saturated heterocycles. The SMILES string of the molecule is CCCC1C(C2Cc3oc(-c4ccccc4)nc3C(C)C2)=NNC(=O)C1C. The Morgan fingerprint density at radius 3 is 2.74 bits per heavy atom. The zero-order valence-electron chi connectivity index (χ0n) is 16.2. The van der Waals surface area contributed by atoms with Gasteiger partial charge >= 0.3 is 0 Å². The summed E-state index contributed by atoms with van der Waals surface area (Å²) in [7, 11) is 0. The number of nitrogens with zero attached hydrogens (tertiary/aromatic N) is 2. The van der Waals surface area contributed by atoms with Crippen molar-refractivity contribution >= 4 is 11.6 Å². The molecule has 4 unspecified atom stereocenters. The number of oxazole rings is 1. The van der Waals surface area contributed by atoms with Gasteiger partial charge in [0.15, 0.2) is 0 Å². The van der Waals surface area contributed by atoms with Crippen molar-refractivity contribution in [3.05, 3.63) is 41.8 Å². The molecule has 1 aromatic heterocycles. The maximum atomic E-state index is 12.1. The fraction of sp³-hybridized carbons (Fsp3) is 0.500. The van der Waals surface area contributed by atoms with E-state index in [1.165, 1.54) is 0 Å². The van der Waals surface area contributed by atoms with Crippen LogP contribution in [0, 0.1) is 17.8 Å². The third-order valence-electron chi connectivity index (χ3n) is 6.00. The van der Waals surface area contributed by atoms with E-state index in [4.69, 9.17) is 9.40 Å². The Kier molecular flexibility index (Phi) is 4.85. The Bertz CT molecular complexity index is 856. The summed E-state index contributed by atoms with van der Waals surface area (Å²) in [5.74, 6) is 2.52. The molecule has 0 bridgehead atoms. The minimum absolute atomic E-state index is 0.0243. The summed E-state index contributed by atoms with van der Waals surface area (Å²) >= 11 is 0. The number of aromatic nitrogens is 1. The van der Waals surface area contributed by atoms with Gasteiger partial charge in [-0.1, -0.05) is 45.4 Å². The molecular weight excluding hydrogens is 338 g/mol. The number of amides is 1. The average molecular weight is 365 g/mol. The lowest BCUT2D eigenvalue weighted by atomic mass is 9.73. The van der Waals surface area contributed by atoms with Crippen molar-refractivity contribution in [2.24, 2.45) is 22.9 Å². The highest BCUT2D eigenvalue weighted by Crippen LogP contribution is 2.40. The average Bonchev–Trinajstić information content (AvgIpc) is 3.11. The van der Waals surface area contributed by atoms with Gasteiger partial charge in [0.1, 0.15) is 5.76 Å². The van der Waals surface area contributed by atoms with Gasteiger partial charge in [0, 0.05) is 41.4 Å². The zero-order chi connectivity index (χ0) is 19.0. The zero-order valence-corrected chi connectivity index (χ0v) is 16.2. The number of hydrazone groups is 1. The number of carbonyl (C=O) groups excluding carboxylic acids is 1. The molecule has 2 heterocycles. The molecule has 4 rings (SSSR count). The molecule has 27 heavy (non-hydrogen) atoms. The first-order valence-electron chi connectivity index (χ1n) is 10.0. The smallest absolute Gasteiger partial charge is 0.243 e. The fourth-order valence-electron chi connectivity index (χ4n) is 4.52. The second-order valence-corrected chi connectivity index (χ2v) is 7.93. The number of fused-ring (bicyclic) bond motifs is 1. The van der Waals surface area contributed by atoms with Crippen molar-refractivity contribution in [2.45, 2.75) is 52.4 Å². The van der Waals surface area contributed by atoms with Crippen LogP contribution in [0.5, 0.6) is 0 Å². The standard InChI is InChI=1S/C22H27N3O2/c1-4-8-17-14(3)21(26)25-24-20(17)16-11-13(2)19-18(12-16)27-22(23-19)15-9-6-5-7-10-15/h5-7,9-10,13-14,16-17H,4,8,11-12H2,1-3H3,(H,25,26). The van der Waals surface area contributed by atoms with Crippen molar-refractivity contribution in [2.75, 3.05) is 0 Å². The van der Waals surface area contributed by atoms with E-state index in [-0.39, 0.29) is 17.7 Å². The van der Waals surface area contributed by atoms with Gasteiger partial charge in [0.05, 0.1) is 5.69 Å². The summed E-state index contributed by atoms with van der Waals surface area (Å²) in [5, 5.41) is 4.51. The van der Waals surface area contributed by atoms with E-state index in [2.05, 4.69) is 24.4 Å². The Labute approximate surface area is 160 Å². The molecule has 0 saturated carbocycles. The van der Waals surface area contributed by atoms with Crippen molar-refractivity contribution in [1.29, 1.82) is 0 Å². The van der Waals surface area contributed by atoms with E-state index < -0.39 is 0 Å². The quantitative estimate of drug-likeness (QED) is 0.864. The summed E-state index contributed by atoms with van der Waals surface area (Å²) in [6.45, 7) is 6.40. The lowest BCUT2D eigenvalue weighted by Crippen LogP contribution is -2.44.